The molecule has 0 spiro atoms. The maximum absolute atomic E-state index is 13.0. The van der Waals surface area contributed by atoms with Gasteiger partial charge in [0, 0.05) is 6.42 Å². The van der Waals surface area contributed by atoms with Crippen LogP contribution < -0.4 is 0 Å². The third kappa shape index (κ3) is 3.05. The van der Waals surface area contributed by atoms with E-state index in [1.807, 2.05) is 11.4 Å². The Kier molecular flexibility index (Phi) is 3.87. The van der Waals surface area contributed by atoms with Crippen LogP contribution in [0.5, 0.6) is 0 Å². The number of thiophene rings is 1. The van der Waals surface area contributed by atoms with E-state index < -0.39 is 6.04 Å². The maximum Gasteiger partial charge on any atom is 0.197 e. The van der Waals surface area contributed by atoms with Crippen LogP contribution in [0, 0.1) is 5.82 Å². The Morgan fingerprint density at radius 3 is 2.71 bits per heavy atom. The summed E-state index contributed by atoms with van der Waals surface area (Å²) >= 11 is 1.40. The zero-order chi connectivity index (χ0) is 14.7. The molecule has 2 aromatic heterocycles. The highest BCUT2D eigenvalue weighted by atomic mass is 32.1. The Bertz CT molecular complexity index is 708. The highest BCUT2D eigenvalue weighted by Crippen LogP contribution is 2.22. The Morgan fingerprint density at radius 2 is 2.10 bits per heavy atom. The third-order valence-corrected chi connectivity index (χ3v) is 4.05. The number of hydrogen-bond donors (Lipinski definition) is 0. The lowest BCUT2D eigenvalue weighted by Crippen LogP contribution is -2.22. The van der Waals surface area contributed by atoms with E-state index in [2.05, 4.69) is 10.1 Å². The fourth-order valence-electron chi connectivity index (χ4n) is 2.11. The number of nitrogens with zero attached hydrogens (tertiary/aromatic N) is 3. The van der Waals surface area contributed by atoms with Crippen molar-refractivity contribution in [3.63, 3.8) is 0 Å². The van der Waals surface area contributed by atoms with Gasteiger partial charge in [0.25, 0.3) is 0 Å². The number of ketones is 1. The van der Waals surface area contributed by atoms with Gasteiger partial charge in [0.2, 0.25) is 0 Å². The molecule has 106 valence electrons. The van der Waals surface area contributed by atoms with Gasteiger partial charge in [-0.2, -0.15) is 5.10 Å². The first-order valence-corrected chi connectivity index (χ1v) is 7.28. The minimum Gasteiger partial charge on any atom is -0.291 e. The van der Waals surface area contributed by atoms with Crippen molar-refractivity contribution in [3.05, 3.63) is 70.7 Å². The van der Waals surface area contributed by atoms with Crippen molar-refractivity contribution < 1.29 is 9.18 Å². The van der Waals surface area contributed by atoms with Crippen LogP contribution in [0.4, 0.5) is 4.39 Å². The quantitative estimate of drug-likeness (QED) is 0.680. The average molecular weight is 301 g/mol. The van der Waals surface area contributed by atoms with Crippen molar-refractivity contribution in [2.24, 2.45) is 0 Å². The van der Waals surface area contributed by atoms with Gasteiger partial charge in [-0.1, -0.05) is 18.2 Å². The van der Waals surface area contributed by atoms with Crippen LogP contribution in [0.1, 0.15) is 21.3 Å². The molecule has 4 nitrogen and oxygen atoms in total. The van der Waals surface area contributed by atoms with E-state index in [0.717, 1.165) is 5.56 Å². The van der Waals surface area contributed by atoms with Gasteiger partial charge in [-0.05, 0) is 29.1 Å². The Balaban J connectivity index is 1.90. The molecule has 0 bridgehead atoms. The molecule has 3 rings (SSSR count). The molecule has 3 aromatic rings. The van der Waals surface area contributed by atoms with Crippen LogP contribution in [0.2, 0.25) is 0 Å². The second-order valence-electron chi connectivity index (χ2n) is 4.56. The topological polar surface area (TPSA) is 47.8 Å². The maximum atomic E-state index is 13.0. The summed E-state index contributed by atoms with van der Waals surface area (Å²) < 4.78 is 14.5. The van der Waals surface area contributed by atoms with Crippen molar-refractivity contribution in [2.45, 2.75) is 12.5 Å². The largest absolute Gasteiger partial charge is 0.291 e. The lowest BCUT2D eigenvalue weighted by Gasteiger charge is -2.15. The molecule has 0 saturated carbocycles. The highest BCUT2D eigenvalue weighted by Gasteiger charge is 2.23. The van der Waals surface area contributed by atoms with Gasteiger partial charge < -0.3 is 0 Å². The number of aromatic nitrogens is 3. The molecular weight excluding hydrogens is 289 g/mol. The van der Waals surface area contributed by atoms with E-state index in [-0.39, 0.29) is 11.6 Å². The fraction of sp³-hybridized carbons (Fsp3) is 0.133. The second-order valence-corrected chi connectivity index (χ2v) is 5.51. The first-order valence-electron chi connectivity index (χ1n) is 6.40. The number of hydrogen-bond acceptors (Lipinski definition) is 4. The van der Waals surface area contributed by atoms with Crippen LogP contribution in [-0.2, 0) is 6.42 Å². The molecule has 0 aliphatic rings. The van der Waals surface area contributed by atoms with Crippen LogP contribution in [0.25, 0.3) is 0 Å². The predicted octanol–water partition coefficient (Wildman–Crippen LogP) is 3.15. The number of Topliss-reactive ketones (excluding diaryl/α,β-unsaturated/α-hetero) is 1. The molecule has 0 saturated heterocycles. The Labute approximate surface area is 124 Å². The second kappa shape index (κ2) is 5.97. The van der Waals surface area contributed by atoms with Gasteiger partial charge >= 0.3 is 0 Å². The summed E-state index contributed by atoms with van der Waals surface area (Å²) in [6.07, 6.45) is 3.37. The first-order chi connectivity index (χ1) is 10.2. The lowest BCUT2D eigenvalue weighted by molar-refractivity contribution is 0.0921. The molecule has 0 radical (unpaired) electrons. The smallest absolute Gasteiger partial charge is 0.197 e. The average Bonchev–Trinajstić information content (AvgIpc) is 3.19. The predicted molar refractivity (Wildman–Crippen MR) is 77.8 cm³/mol. The van der Waals surface area contributed by atoms with Crippen molar-refractivity contribution in [2.75, 3.05) is 0 Å². The van der Waals surface area contributed by atoms with Gasteiger partial charge in [0.15, 0.2) is 5.78 Å². The minimum atomic E-state index is -0.475. The summed E-state index contributed by atoms with van der Waals surface area (Å²) in [6, 6.07) is 9.31. The fourth-order valence-corrected chi connectivity index (χ4v) is 2.82. The summed E-state index contributed by atoms with van der Waals surface area (Å²) in [7, 11) is 0. The van der Waals surface area contributed by atoms with Crippen molar-refractivity contribution in [1.82, 2.24) is 14.8 Å². The normalized spacial score (nSPS) is 12.2. The molecule has 0 amide bonds. The van der Waals surface area contributed by atoms with Crippen molar-refractivity contribution in [1.29, 1.82) is 0 Å². The van der Waals surface area contributed by atoms with Crippen molar-refractivity contribution >= 4 is 17.1 Å². The molecule has 21 heavy (non-hydrogen) atoms. The van der Waals surface area contributed by atoms with Crippen molar-refractivity contribution in [3.8, 4) is 0 Å². The van der Waals surface area contributed by atoms with E-state index in [4.69, 9.17) is 0 Å². The Morgan fingerprint density at radius 1 is 1.29 bits per heavy atom. The van der Waals surface area contributed by atoms with Crippen LogP contribution in [0.3, 0.4) is 0 Å². The Hall–Kier alpha value is -2.34. The monoisotopic (exact) mass is 301 g/mol. The molecule has 0 fully saturated rings. The van der Waals surface area contributed by atoms with Gasteiger partial charge in [-0.3, -0.25) is 4.79 Å². The number of rotatable bonds is 5. The molecule has 1 aromatic carbocycles. The molecule has 0 aliphatic heterocycles. The molecule has 6 heteroatoms. The van der Waals surface area contributed by atoms with Gasteiger partial charge in [0.05, 0.1) is 4.88 Å². The lowest BCUT2D eigenvalue weighted by atomic mass is 10.0. The minimum absolute atomic E-state index is 0.0141. The van der Waals surface area contributed by atoms with Gasteiger partial charge in [-0.25, -0.2) is 14.1 Å². The SMILES string of the molecule is O=C(c1cccs1)C(Cc1ccc(F)cc1)n1cncn1. The molecule has 0 N–H and O–H groups in total. The van der Waals surface area contributed by atoms with Crippen LogP contribution in [-0.4, -0.2) is 20.5 Å². The summed E-state index contributed by atoms with van der Waals surface area (Å²) in [4.78, 5) is 17.2. The number of benzene rings is 1. The summed E-state index contributed by atoms with van der Waals surface area (Å²) in [5, 5.41) is 5.94. The summed E-state index contributed by atoms with van der Waals surface area (Å²) in [6.45, 7) is 0. The van der Waals surface area contributed by atoms with Gasteiger partial charge in [-0.15, -0.1) is 11.3 Å². The zero-order valence-electron chi connectivity index (χ0n) is 11.0. The highest BCUT2D eigenvalue weighted by molar-refractivity contribution is 7.12. The van der Waals surface area contributed by atoms with E-state index in [9.17, 15) is 9.18 Å². The van der Waals surface area contributed by atoms with Crippen LogP contribution >= 0.6 is 11.3 Å². The van der Waals surface area contributed by atoms with Crippen LogP contribution in [0.15, 0.2) is 54.4 Å². The van der Waals surface area contributed by atoms with E-state index in [0.29, 0.717) is 11.3 Å². The first kappa shape index (κ1) is 13.6. The molecule has 2 heterocycles. The van der Waals surface area contributed by atoms with E-state index in [1.165, 1.54) is 36.1 Å². The number of carbonyl (C=O) groups excluding carboxylic acids is 1. The zero-order valence-corrected chi connectivity index (χ0v) is 11.8. The number of carbonyl (C=O) groups is 1. The standard InChI is InChI=1S/C15H12FN3OS/c16-12-5-3-11(4-6-12)8-13(19-10-17-9-18-19)15(20)14-2-1-7-21-14/h1-7,9-10,13H,8H2. The molecular formula is C15H12FN3OS. The molecule has 0 aliphatic carbocycles. The van der Waals surface area contributed by atoms with Gasteiger partial charge in [0.1, 0.15) is 24.5 Å². The molecule has 1 atom stereocenters. The summed E-state index contributed by atoms with van der Waals surface area (Å²) in [5.74, 6) is -0.305. The molecule has 1 unspecified atom stereocenters. The van der Waals surface area contributed by atoms with E-state index in [1.54, 1.807) is 22.9 Å². The summed E-state index contributed by atoms with van der Waals surface area (Å²) in [5.41, 5.74) is 0.877. The third-order valence-electron chi connectivity index (χ3n) is 3.16. The van der Waals surface area contributed by atoms with E-state index >= 15 is 0 Å². The number of halogens is 1.